The number of hydrogen-bond donors (Lipinski definition) is 1. The molecular formula is C11H18N4O2. The van der Waals surface area contributed by atoms with Gasteiger partial charge in [0.1, 0.15) is 5.82 Å². The molecule has 1 unspecified atom stereocenters. The van der Waals surface area contributed by atoms with Gasteiger partial charge in [-0.15, -0.1) is 10.2 Å². The van der Waals surface area contributed by atoms with Gasteiger partial charge in [-0.3, -0.25) is 14.2 Å². The Hall–Kier alpha value is -1.72. The second-order valence-electron chi connectivity index (χ2n) is 3.56. The van der Waals surface area contributed by atoms with Gasteiger partial charge in [0.2, 0.25) is 5.82 Å². The molecule has 1 atom stereocenters. The molecule has 2 heterocycles. The Morgan fingerprint density at radius 3 is 2.59 bits per heavy atom. The zero-order chi connectivity index (χ0) is 13.0. The number of Topliss-reactive ketones (excluding diaryl/α,β-unsaturated/α-hetero) is 1. The van der Waals surface area contributed by atoms with E-state index in [-0.39, 0.29) is 23.2 Å². The smallest absolute Gasteiger partial charge is 0.297 e. The minimum atomic E-state index is -0.366. The number of hydrogen-bond acceptors (Lipinski definition) is 5. The van der Waals surface area contributed by atoms with Gasteiger partial charge in [0.25, 0.3) is 5.56 Å². The monoisotopic (exact) mass is 238 g/mol. The topological polar surface area (TPSA) is 76.9 Å². The molecule has 94 valence electrons. The molecule has 1 aromatic rings. The van der Waals surface area contributed by atoms with Gasteiger partial charge in [-0.05, 0) is 13.3 Å². The predicted molar refractivity (Wildman–Crippen MR) is 65.2 cm³/mol. The first-order chi connectivity index (χ1) is 8.15. The van der Waals surface area contributed by atoms with Crippen LogP contribution in [0.1, 0.15) is 39.1 Å². The van der Waals surface area contributed by atoms with Gasteiger partial charge in [0.05, 0.1) is 6.04 Å². The van der Waals surface area contributed by atoms with Crippen LogP contribution in [0.15, 0.2) is 4.79 Å². The minimum absolute atomic E-state index is 0.00842. The van der Waals surface area contributed by atoms with Crippen LogP contribution in [0.5, 0.6) is 0 Å². The van der Waals surface area contributed by atoms with Crippen molar-refractivity contribution in [2.45, 2.75) is 39.7 Å². The van der Waals surface area contributed by atoms with Crippen molar-refractivity contribution in [2.75, 3.05) is 12.4 Å². The second kappa shape index (κ2) is 5.56. The summed E-state index contributed by atoms with van der Waals surface area (Å²) in [5.41, 5.74) is -0.264. The Morgan fingerprint density at radius 1 is 1.41 bits per heavy atom. The average Bonchev–Trinajstić information content (AvgIpc) is 2.77. The SMILES string of the molecule is CC.CNc1nnc2n(c1=O)C(C(C)=O)CC2. The van der Waals surface area contributed by atoms with Gasteiger partial charge in [0, 0.05) is 13.5 Å². The molecule has 0 aromatic carbocycles. The number of carbonyl (C=O) groups is 1. The van der Waals surface area contributed by atoms with Crippen molar-refractivity contribution < 1.29 is 4.79 Å². The quantitative estimate of drug-likeness (QED) is 0.824. The molecule has 1 aromatic heterocycles. The summed E-state index contributed by atoms with van der Waals surface area (Å²) < 4.78 is 1.45. The van der Waals surface area contributed by atoms with Crippen molar-refractivity contribution in [1.29, 1.82) is 0 Å². The molecule has 17 heavy (non-hydrogen) atoms. The molecule has 0 saturated heterocycles. The van der Waals surface area contributed by atoms with Crippen molar-refractivity contribution in [3.63, 3.8) is 0 Å². The molecule has 1 N–H and O–H groups in total. The summed E-state index contributed by atoms with van der Waals surface area (Å²) in [4.78, 5) is 23.2. The van der Waals surface area contributed by atoms with Crippen LogP contribution >= 0.6 is 0 Å². The molecule has 0 fully saturated rings. The lowest BCUT2D eigenvalue weighted by Gasteiger charge is -2.10. The lowest BCUT2D eigenvalue weighted by atomic mass is 10.1. The van der Waals surface area contributed by atoms with Crippen LogP contribution in [-0.4, -0.2) is 27.6 Å². The van der Waals surface area contributed by atoms with Crippen molar-refractivity contribution in [3.05, 3.63) is 16.2 Å². The second-order valence-corrected chi connectivity index (χ2v) is 3.56. The number of carbonyl (C=O) groups excluding carboxylic acids is 1. The molecule has 6 nitrogen and oxygen atoms in total. The first-order valence-corrected chi connectivity index (χ1v) is 5.81. The highest BCUT2D eigenvalue weighted by atomic mass is 16.1. The lowest BCUT2D eigenvalue weighted by Crippen LogP contribution is -2.30. The normalized spacial score (nSPS) is 16.8. The molecule has 0 aliphatic carbocycles. The van der Waals surface area contributed by atoms with Crippen LogP contribution < -0.4 is 10.9 Å². The molecule has 1 aliphatic heterocycles. The zero-order valence-electron chi connectivity index (χ0n) is 10.6. The summed E-state index contributed by atoms with van der Waals surface area (Å²) in [6, 6.07) is -0.366. The van der Waals surface area contributed by atoms with Crippen molar-refractivity contribution in [1.82, 2.24) is 14.8 Å². The van der Waals surface area contributed by atoms with Crippen molar-refractivity contribution in [2.24, 2.45) is 0 Å². The molecule has 6 heteroatoms. The van der Waals surface area contributed by atoms with Crippen molar-refractivity contribution in [3.8, 4) is 0 Å². The van der Waals surface area contributed by atoms with Crippen LogP contribution in [0.2, 0.25) is 0 Å². The molecule has 0 bridgehead atoms. The molecular weight excluding hydrogens is 220 g/mol. The number of fused-ring (bicyclic) bond motifs is 1. The van der Waals surface area contributed by atoms with Gasteiger partial charge in [0.15, 0.2) is 5.78 Å². The summed E-state index contributed by atoms with van der Waals surface area (Å²) in [6.07, 6.45) is 1.28. The van der Waals surface area contributed by atoms with E-state index in [0.717, 1.165) is 0 Å². The lowest BCUT2D eigenvalue weighted by molar-refractivity contribution is -0.120. The Labute approximate surface area is 100 Å². The zero-order valence-corrected chi connectivity index (χ0v) is 10.6. The highest BCUT2D eigenvalue weighted by Gasteiger charge is 2.29. The fraction of sp³-hybridized carbons (Fsp3) is 0.636. The van der Waals surface area contributed by atoms with E-state index in [9.17, 15) is 9.59 Å². The molecule has 1 aliphatic rings. The number of ketones is 1. The highest BCUT2D eigenvalue weighted by molar-refractivity contribution is 5.80. The summed E-state index contributed by atoms with van der Waals surface area (Å²) >= 11 is 0. The maximum Gasteiger partial charge on any atom is 0.297 e. The Morgan fingerprint density at radius 2 is 2.06 bits per heavy atom. The number of rotatable bonds is 2. The first kappa shape index (κ1) is 13.3. The number of aromatic nitrogens is 3. The van der Waals surface area contributed by atoms with E-state index in [1.165, 1.54) is 11.5 Å². The fourth-order valence-corrected chi connectivity index (χ4v) is 1.86. The molecule has 2 rings (SSSR count). The Bertz CT molecular complexity index is 467. The third-order valence-electron chi connectivity index (χ3n) is 2.62. The Kier molecular flexibility index (Phi) is 4.37. The predicted octanol–water partition coefficient (Wildman–Crippen LogP) is 0.782. The van der Waals surface area contributed by atoms with Crippen LogP contribution in [0.3, 0.4) is 0 Å². The van der Waals surface area contributed by atoms with Crippen LogP contribution in [0, 0.1) is 0 Å². The van der Waals surface area contributed by atoms with Crippen molar-refractivity contribution >= 4 is 11.6 Å². The largest absolute Gasteiger partial charge is 0.367 e. The third-order valence-corrected chi connectivity index (χ3v) is 2.62. The van der Waals surface area contributed by atoms with Gasteiger partial charge >= 0.3 is 0 Å². The maximum absolute atomic E-state index is 11.9. The van der Waals surface area contributed by atoms with E-state index in [1.807, 2.05) is 13.8 Å². The summed E-state index contributed by atoms with van der Waals surface area (Å²) in [5.74, 6) is 0.775. The summed E-state index contributed by atoms with van der Waals surface area (Å²) in [5, 5.41) is 10.3. The van der Waals surface area contributed by atoms with E-state index in [0.29, 0.717) is 18.7 Å². The summed E-state index contributed by atoms with van der Waals surface area (Å²) in [7, 11) is 1.61. The van der Waals surface area contributed by atoms with E-state index >= 15 is 0 Å². The maximum atomic E-state index is 11.9. The number of nitrogens with zero attached hydrogens (tertiary/aromatic N) is 3. The number of anilines is 1. The fourth-order valence-electron chi connectivity index (χ4n) is 1.86. The highest BCUT2D eigenvalue weighted by Crippen LogP contribution is 2.22. The van der Waals surface area contributed by atoms with Gasteiger partial charge in [-0.25, -0.2) is 0 Å². The molecule has 0 radical (unpaired) electrons. The van der Waals surface area contributed by atoms with Crippen LogP contribution in [-0.2, 0) is 11.2 Å². The van der Waals surface area contributed by atoms with Gasteiger partial charge in [-0.2, -0.15) is 0 Å². The number of nitrogens with one attached hydrogen (secondary N) is 1. The molecule has 0 saturated carbocycles. The van der Waals surface area contributed by atoms with E-state index in [1.54, 1.807) is 7.05 Å². The molecule has 0 amide bonds. The van der Waals surface area contributed by atoms with Gasteiger partial charge in [-0.1, -0.05) is 13.8 Å². The molecule has 0 spiro atoms. The average molecular weight is 238 g/mol. The first-order valence-electron chi connectivity index (χ1n) is 5.81. The van der Waals surface area contributed by atoms with Gasteiger partial charge < -0.3 is 5.32 Å². The third kappa shape index (κ3) is 2.35. The van der Waals surface area contributed by atoms with E-state index < -0.39 is 0 Å². The Balaban J connectivity index is 0.000000686. The van der Waals surface area contributed by atoms with Crippen LogP contribution in [0.25, 0.3) is 0 Å². The minimum Gasteiger partial charge on any atom is -0.367 e. The van der Waals surface area contributed by atoms with E-state index in [2.05, 4.69) is 15.5 Å². The van der Waals surface area contributed by atoms with E-state index in [4.69, 9.17) is 0 Å². The standard InChI is InChI=1S/C9H12N4O2.C2H6/c1-5(14)6-3-4-7-11-12-8(10-2)9(15)13(6)7;1-2/h6H,3-4H2,1-2H3,(H,10,12);1-2H3. The van der Waals surface area contributed by atoms with Crippen LogP contribution in [0.4, 0.5) is 5.82 Å². The number of aryl methyl sites for hydroxylation is 1. The summed E-state index contributed by atoms with van der Waals surface area (Å²) in [6.45, 7) is 5.49.